The Morgan fingerprint density at radius 3 is 2.75 bits per heavy atom. The van der Waals surface area contributed by atoms with Crippen molar-refractivity contribution in [1.29, 1.82) is 0 Å². The van der Waals surface area contributed by atoms with Gasteiger partial charge >= 0.3 is 0 Å². The molecule has 0 radical (unpaired) electrons. The summed E-state index contributed by atoms with van der Waals surface area (Å²) in [4.78, 5) is 27.4. The third-order valence-corrected chi connectivity index (χ3v) is 5.17. The number of hydrogen-bond donors (Lipinski definition) is 0. The highest BCUT2D eigenvalue weighted by Crippen LogP contribution is 2.28. The molecular formula is C21H21ClN4O2. The molecular weight excluding hydrogens is 376 g/mol. The van der Waals surface area contributed by atoms with Crippen LogP contribution in [-0.2, 0) is 6.42 Å². The van der Waals surface area contributed by atoms with E-state index in [1.165, 1.54) is 6.20 Å². The van der Waals surface area contributed by atoms with E-state index in [-0.39, 0.29) is 11.8 Å². The summed E-state index contributed by atoms with van der Waals surface area (Å²) in [6, 6.07) is 7.70. The minimum absolute atomic E-state index is 0.0925. The Morgan fingerprint density at radius 1 is 1.18 bits per heavy atom. The second-order valence-electron chi connectivity index (χ2n) is 7.10. The fourth-order valence-corrected chi connectivity index (χ4v) is 3.55. The number of carbonyl (C=O) groups is 1. The van der Waals surface area contributed by atoms with Crippen molar-refractivity contribution >= 4 is 17.5 Å². The van der Waals surface area contributed by atoms with E-state index in [0.29, 0.717) is 36.1 Å². The van der Waals surface area contributed by atoms with Gasteiger partial charge in [0.15, 0.2) is 5.89 Å². The van der Waals surface area contributed by atoms with Crippen LogP contribution in [0.5, 0.6) is 0 Å². The summed E-state index contributed by atoms with van der Waals surface area (Å²) in [6.45, 7) is 3.14. The fraction of sp³-hybridized carbons (Fsp3) is 0.333. The Morgan fingerprint density at radius 2 is 2.00 bits per heavy atom. The molecule has 1 fully saturated rings. The summed E-state index contributed by atoms with van der Waals surface area (Å²) < 4.78 is 6.00. The Bertz CT molecular complexity index is 953. The van der Waals surface area contributed by atoms with E-state index < -0.39 is 0 Å². The number of nitrogens with zero attached hydrogens (tertiary/aromatic N) is 4. The summed E-state index contributed by atoms with van der Waals surface area (Å²) in [6.07, 6.45) is 7.45. The van der Waals surface area contributed by atoms with E-state index >= 15 is 0 Å². The number of aromatic nitrogens is 3. The van der Waals surface area contributed by atoms with Crippen LogP contribution >= 0.6 is 11.6 Å². The van der Waals surface area contributed by atoms with E-state index in [0.717, 1.165) is 29.9 Å². The summed E-state index contributed by atoms with van der Waals surface area (Å²) in [5.41, 5.74) is 2.29. The van der Waals surface area contributed by atoms with Crippen LogP contribution in [0.1, 0.15) is 52.2 Å². The number of halogens is 1. The topological polar surface area (TPSA) is 72.1 Å². The molecule has 4 rings (SSSR count). The van der Waals surface area contributed by atoms with Gasteiger partial charge in [0.25, 0.3) is 5.91 Å². The molecule has 1 aromatic carbocycles. The molecule has 0 saturated carbocycles. The van der Waals surface area contributed by atoms with Crippen LogP contribution in [-0.4, -0.2) is 38.8 Å². The van der Waals surface area contributed by atoms with Crippen LogP contribution < -0.4 is 0 Å². The van der Waals surface area contributed by atoms with Gasteiger partial charge in [0.05, 0.1) is 24.0 Å². The zero-order chi connectivity index (χ0) is 19.5. The van der Waals surface area contributed by atoms with Crippen molar-refractivity contribution in [3.05, 3.63) is 76.5 Å². The van der Waals surface area contributed by atoms with Crippen molar-refractivity contribution in [3.63, 3.8) is 0 Å². The Balaban J connectivity index is 1.43. The first-order chi connectivity index (χ1) is 13.6. The molecule has 1 atom stereocenters. The van der Waals surface area contributed by atoms with Gasteiger partial charge in [-0.3, -0.25) is 9.78 Å². The maximum Gasteiger partial charge on any atom is 0.274 e. The standard InChI is InChI=1S/C21H21ClN4O2/c1-14-10-24-19(12-23-14)21(27)26-8-2-3-16(13-26)20-25-11-18(28-20)9-15-4-6-17(22)7-5-15/h4-7,10-12,16H,2-3,8-9,13H2,1H3/t16-/m1/s1. The minimum Gasteiger partial charge on any atom is -0.445 e. The van der Waals surface area contributed by atoms with Crippen molar-refractivity contribution in [3.8, 4) is 0 Å². The normalized spacial score (nSPS) is 16.9. The SMILES string of the molecule is Cc1cnc(C(=O)N2CCC[C@@H](c3ncc(Cc4ccc(Cl)cc4)o3)C2)cn1. The average Bonchev–Trinajstić information content (AvgIpc) is 3.18. The molecule has 1 aliphatic rings. The van der Waals surface area contributed by atoms with Crippen LogP contribution in [0.3, 0.4) is 0 Å². The molecule has 6 nitrogen and oxygen atoms in total. The highest BCUT2D eigenvalue weighted by Gasteiger charge is 2.29. The predicted octanol–water partition coefficient (Wildman–Crippen LogP) is 4.04. The van der Waals surface area contributed by atoms with Gasteiger partial charge < -0.3 is 9.32 Å². The van der Waals surface area contributed by atoms with E-state index in [9.17, 15) is 4.79 Å². The van der Waals surface area contributed by atoms with Crippen molar-refractivity contribution in [2.75, 3.05) is 13.1 Å². The Hall–Kier alpha value is -2.73. The largest absolute Gasteiger partial charge is 0.445 e. The summed E-state index contributed by atoms with van der Waals surface area (Å²) in [5, 5.41) is 0.715. The number of rotatable bonds is 4. The number of carbonyl (C=O) groups excluding carboxylic acids is 1. The lowest BCUT2D eigenvalue weighted by Crippen LogP contribution is -2.39. The third kappa shape index (κ3) is 4.22. The highest BCUT2D eigenvalue weighted by molar-refractivity contribution is 6.30. The van der Waals surface area contributed by atoms with Gasteiger partial charge in [0.1, 0.15) is 11.5 Å². The van der Waals surface area contributed by atoms with Crippen LogP contribution in [0, 0.1) is 6.92 Å². The molecule has 7 heteroatoms. The number of aryl methyl sites for hydroxylation is 1. The average molecular weight is 397 g/mol. The van der Waals surface area contributed by atoms with Crippen molar-refractivity contribution in [2.24, 2.45) is 0 Å². The van der Waals surface area contributed by atoms with Crippen molar-refractivity contribution in [1.82, 2.24) is 19.9 Å². The first-order valence-corrected chi connectivity index (χ1v) is 9.73. The summed E-state index contributed by atoms with van der Waals surface area (Å²) in [5.74, 6) is 1.50. The van der Waals surface area contributed by atoms with E-state index in [1.54, 1.807) is 12.4 Å². The predicted molar refractivity (Wildman–Crippen MR) is 105 cm³/mol. The second-order valence-corrected chi connectivity index (χ2v) is 7.54. The quantitative estimate of drug-likeness (QED) is 0.665. The van der Waals surface area contributed by atoms with Crippen LogP contribution in [0.2, 0.25) is 5.02 Å². The second kappa shape index (κ2) is 8.10. The lowest BCUT2D eigenvalue weighted by atomic mass is 9.98. The van der Waals surface area contributed by atoms with Crippen molar-refractivity contribution in [2.45, 2.75) is 32.1 Å². The number of likely N-dealkylation sites (tertiary alicyclic amines) is 1. The molecule has 3 heterocycles. The monoisotopic (exact) mass is 396 g/mol. The number of hydrogen-bond acceptors (Lipinski definition) is 5. The number of oxazole rings is 1. The molecule has 0 unspecified atom stereocenters. The summed E-state index contributed by atoms with van der Waals surface area (Å²) in [7, 11) is 0. The molecule has 2 aromatic heterocycles. The minimum atomic E-state index is -0.0925. The van der Waals surface area contributed by atoms with Gasteiger partial charge in [-0.05, 0) is 37.5 Å². The van der Waals surface area contributed by atoms with Gasteiger partial charge in [-0.15, -0.1) is 0 Å². The zero-order valence-electron chi connectivity index (χ0n) is 15.6. The molecule has 0 bridgehead atoms. The smallest absolute Gasteiger partial charge is 0.274 e. The number of amides is 1. The molecule has 1 aliphatic heterocycles. The fourth-order valence-electron chi connectivity index (χ4n) is 3.42. The lowest BCUT2D eigenvalue weighted by molar-refractivity contribution is 0.0691. The maximum atomic E-state index is 12.7. The molecule has 1 amide bonds. The van der Waals surface area contributed by atoms with Crippen LogP contribution in [0.15, 0.2) is 47.3 Å². The Labute approximate surface area is 168 Å². The molecule has 28 heavy (non-hydrogen) atoms. The highest BCUT2D eigenvalue weighted by atomic mass is 35.5. The maximum absolute atomic E-state index is 12.7. The molecule has 0 spiro atoms. The molecule has 0 N–H and O–H groups in total. The van der Waals surface area contributed by atoms with E-state index in [4.69, 9.17) is 16.0 Å². The molecule has 1 saturated heterocycles. The number of benzene rings is 1. The first kappa shape index (κ1) is 18.6. The van der Waals surface area contributed by atoms with Crippen LogP contribution in [0.25, 0.3) is 0 Å². The molecule has 0 aliphatic carbocycles. The van der Waals surface area contributed by atoms with Gasteiger partial charge in [-0.25, -0.2) is 9.97 Å². The number of piperidine rings is 1. The lowest BCUT2D eigenvalue weighted by Gasteiger charge is -2.31. The van der Waals surface area contributed by atoms with Crippen molar-refractivity contribution < 1.29 is 9.21 Å². The Kier molecular flexibility index (Phi) is 5.39. The van der Waals surface area contributed by atoms with Gasteiger partial charge in [0, 0.05) is 30.7 Å². The van der Waals surface area contributed by atoms with E-state index in [1.807, 2.05) is 36.1 Å². The zero-order valence-corrected chi connectivity index (χ0v) is 16.4. The van der Waals surface area contributed by atoms with Crippen LogP contribution in [0.4, 0.5) is 0 Å². The van der Waals surface area contributed by atoms with Gasteiger partial charge in [-0.1, -0.05) is 23.7 Å². The van der Waals surface area contributed by atoms with Gasteiger partial charge in [-0.2, -0.15) is 0 Å². The van der Waals surface area contributed by atoms with Gasteiger partial charge in [0.2, 0.25) is 0 Å². The first-order valence-electron chi connectivity index (χ1n) is 9.35. The van der Waals surface area contributed by atoms with E-state index in [2.05, 4.69) is 15.0 Å². The molecule has 3 aromatic rings. The third-order valence-electron chi connectivity index (χ3n) is 4.92. The summed E-state index contributed by atoms with van der Waals surface area (Å²) >= 11 is 5.94. The molecule has 144 valence electrons.